The Hall–Kier alpha value is -3.46. The highest BCUT2D eigenvalue weighted by Crippen LogP contribution is 2.48. The number of aromatic hydroxyl groups is 1. The summed E-state index contributed by atoms with van der Waals surface area (Å²) >= 11 is 0. The largest absolute Gasteiger partial charge is 0.508 e. The number of aromatic nitrogens is 1. The van der Waals surface area contributed by atoms with E-state index in [9.17, 15) is 5.11 Å². The van der Waals surface area contributed by atoms with E-state index in [0.717, 1.165) is 33.8 Å². The van der Waals surface area contributed by atoms with Crippen molar-refractivity contribution < 1.29 is 9.84 Å². The zero-order valence-electron chi connectivity index (χ0n) is 16.0. The van der Waals surface area contributed by atoms with Gasteiger partial charge in [-0.15, -0.1) is 0 Å². The molecule has 0 aliphatic carbocycles. The molecule has 1 heterocycles. The first-order valence-electron chi connectivity index (χ1n) is 9.31. The van der Waals surface area contributed by atoms with Crippen LogP contribution in [0.25, 0.3) is 0 Å². The number of phenolic OH excluding ortho intramolecular Hbond substituents is 1. The molecule has 2 N–H and O–H groups in total. The van der Waals surface area contributed by atoms with Crippen LogP contribution in [-0.4, -0.2) is 17.2 Å². The van der Waals surface area contributed by atoms with Crippen molar-refractivity contribution in [1.29, 1.82) is 0 Å². The molecule has 3 aromatic carbocycles. The van der Waals surface area contributed by atoms with Crippen molar-refractivity contribution in [2.75, 3.05) is 7.11 Å². The first kappa shape index (κ1) is 17.9. The third kappa shape index (κ3) is 2.85. The Labute approximate surface area is 165 Å². The van der Waals surface area contributed by atoms with Crippen LogP contribution < -0.4 is 4.74 Å². The van der Waals surface area contributed by atoms with E-state index in [0.29, 0.717) is 0 Å². The molecule has 0 fully saturated rings. The first-order valence-corrected chi connectivity index (χ1v) is 9.31. The van der Waals surface area contributed by atoms with Gasteiger partial charge in [-0.05, 0) is 48.4 Å². The molecule has 1 atom stereocenters. The van der Waals surface area contributed by atoms with Gasteiger partial charge < -0.3 is 14.8 Å². The fourth-order valence-electron chi connectivity index (χ4n) is 4.01. The average molecular weight is 369 g/mol. The van der Waals surface area contributed by atoms with Gasteiger partial charge in [-0.2, -0.15) is 0 Å². The van der Waals surface area contributed by atoms with Crippen LogP contribution in [0.15, 0.2) is 91.0 Å². The number of H-pyrrole nitrogens is 1. The van der Waals surface area contributed by atoms with Gasteiger partial charge in [0, 0.05) is 17.0 Å². The number of ether oxygens (including phenoxy) is 1. The van der Waals surface area contributed by atoms with Crippen molar-refractivity contribution in [3.05, 3.63) is 119 Å². The van der Waals surface area contributed by atoms with Crippen LogP contribution in [0.4, 0.5) is 0 Å². The summed E-state index contributed by atoms with van der Waals surface area (Å²) in [5, 5.41) is 9.91. The standard InChI is InChI=1S/C25H23NO2/c1-18-12-17-24(26-18)25(19-8-4-3-5-9-19,20-13-15-21(27)16-14-20)22-10-6-7-11-23(22)28-2/h3-17,26-27H,1-2H3. The molecule has 0 saturated heterocycles. The van der Waals surface area contributed by atoms with Gasteiger partial charge in [0.15, 0.2) is 0 Å². The van der Waals surface area contributed by atoms with Crippen molar-refractivity contribution in [2.45, 2.75) is 12.3 Å². The lowest BCUT2D eigenvalue weighted by Crippen LogP contribution is -2.32. The smallest absolute Gasteiger partial charge is 0.123 e. The number of methoxy groups -OCH3 is 1. The number of phenols is 1. The minimum absolute atomic E-state index is 0.244. The highest BCUT2D eigenvalue weighted by atomic mass is 16.5. The topological polar surface area (TPSA) is 45.2 Å². The van der Waals surface area contributed by atoms with Crippen LogP contribution in [0.2, 0.25) is 0 Å². The van der Waals surface area contributed by atoms with Crippen molar-refractivity contribution in [3.63, 3.8) is 0 Å². The molecular formula is C25H23NO2. The molecule has 4 aromatic rings. The van der Waals surface area contributed by atoms with E-state index in [-0.39, 0.29) is 5.75 Å². The summed E-state index contributed by atoms with van der Waals surface area (Å²) < 4.78 is 5.78. The molecule has 28 heavy (non-hydrogen) atoms. The summed E-state index contributed by atoms with van der Waals surface area (Å²) in [6.45, 7) is 2.05. The van der Waals surface area contributed by atoms with E-state index in [1.807, 2.05) is 36.4 Å². The highest BCUT2D eigenvalue weighted by molar-refractivity contribution is 5.62. The van der Waals surface area contributed by atoms with E-state index in [1.54, 1.807) is 19.2 Å². The van der Waals surface area contributed by atoms with Gasteiger partial charge in [0.2, 0.25) is 0 Å². The normalized spacial score (nSPS) is 13.1. The van der Waals surface area contributed by atoms with Crippen LogP contribution in [0, 0.1) is 6.92 Å². The van der Waals surface area contributed by atoms with E-state index >= 15 is 0 Å². The highest BCUT2D eigenvalue weighted by Gasteiger charge is 2.41. The van der Waals surface area contributed by atoms with Gasteiger partial charge >= 0.3 is 0 Å². The number of benzene rings is 3. The molecule has 0 aliphatic rings. The van der Waals surface area contributed by atoms with E-state index in [1.165, 1.54) is 0 Å². The molecule has 0 spiro atoms. The number of rotatable bonds is 5. The Bertz CT molecular complexity index is 1070. The monoisotopic (exact) mass is 369 g/mol. The molecule has 0 saturated carbocycles. The van der Waals surface area contributed by atoms with Crippen molar-refractivity contribution in [2.24, 2.45) is 0 Å². The molecule has 0 radical (unpaired) electrons. The lowest BCUT2D eigenvalue weighted by Gasteiger charge is -2.36. The number of para-hydroxylation sites is 1. The Morgan fingerprint density at radius 1 is 0.750 bits per heavy atom. The summed E-state index contributed by atoms with van der Waals surface area (Å²) in [4.78, 5) is 3.56. The van der Waals surface area contributed by atoms with E-state index in [4.69, 9.17) is 4.74 Å². The Kier molecular flexibility index (Phi) is 4.66. The van der Waals surface area contributed by atoms with Crippen LogP contribution in [0.5, 0.6) is 11.5 Å². The molecule has 4 rings (SSSR count). The van der Waals surface area contributed by atoms with Crippen LogP contribution in [0.1, 0.15) is 28.1 Å². The second-order valence-corrected chi connectivity index (χ2v) is 6.92. The van der Waals surface area contributed by atoms with Crippen molar-refractivity contribution in [1.82, 2.24) is 4.98 Å². The fraction of sp³-hybridized carbons (Fsp3) is 0.120. The average Bonchev–Trinajstić information content (AvgIpc) is 3.17. The Morgan fingerprint density at radius 3 is 2.04 bits per heavy atom. The summed E-state index contributed by atoms with van der Waals surface area (Å²) in [6.07, 6.45) is 0. The predicted molar refractivity (Wildman–Crippen MR) is 112 cm³/mol. The van der Waals surface area contributed by atoms with Crippen molar-refractivity contribution >= 4 is 0 Å². The maximum Gasteiger partial charge on any atom is 0.123 e. The predicted octanol–water partition coefficient (Wildman–Crippen LogP) is 5.42. The molecular weight excluding hydrogens is 346 g/mol. The minimum atomic E-state index is -0.615. The van der Waals surface area contributed by atoms with Gasteiger partial charge in [-0.1, -0.05) is 60.7 Å². The van der Waals surface area contributed by atoms with Crippen LogP contribution in [-0.2, 0) is 5.41 Å². The summed E-state index contributed by atoms with van der Waals surface area (Å²) in [5.41, 5.74) is 4.72. The second-order valence-electron chi connectivity index (χ2n) is 6.92. The zero-order valence-corrected chi connectivity index (χ0v) is 16.0. The van der Waals surface area contributed by atoms with Gasteiger partial charge in [0.25, 0.3) is 0 Å². The fourth-order valence-corrected chi connectivity index (χ4v) is 4.01. The van der Waals surface area contributed by atoms with E-state index < -0.39 is 5.41 Å². The van der Waals surface area contributed by atoms with Crippen LogP contribution >= 0.6 is 0 Å². The lowest BCUT2D eigenvalue weighted by atomic mass is 9.67. The molecule has 3 heteroatoms. The number of hydrogen-bond donors (Lipinski definition) is 2. The van der Waals surface area contributed by atoms with Gasteiger partial charge in [0.05, 0.1) is 12.5 Å². The van der Waals surface area contributed by atoms with Gasteiger partial charge in [0.1, 0.15) is 11.5 Å². The third-order valence-corrected chi connectivity index (χ3v) is 5.25. The maximum absolute atomic E-state index is 9.91. The Balaban J connectivity index is 2.16. The molecule has 0 aliphatic heterocycles. The molecule has 0 bridgehead atoms. The first-order chi connectivity index (χ1) is 13.7. The quantitative estimate of drug-likeness (QED) is 0.461. The summed E-state index contributed by atoms with van der Waals surface area (Å²) in [7, 11) is 1.70. The third-order valence-electron chi connectivity index (χ3n) is 5.25. The maximum atomic E-state index is 9.91. The summed E-state index contributed by atoms with van der Waals surface area (Å²) in [6, 6.07) is 30.1. The molecule has 1 aromatic heterocycles. The van der Waals surface area contributed by atoms with E-state index in [2.05, 4.69) is 54.4 Å². The number of nitrogens with one attached hydrogen (secondary N) is 1. The van der Waals surface area contributed by atoms with Gasteiger partial charge in [-0.25, -0.2) is 0 Å². The molecule has 3 nitrogen and oxygen atoms in total. The number of aromatic amines is 1. The Morgan fingerprint density at radius 2 is 1.39 bits per heavy atom. The molecule has 140 valence electrons. The SMILES string of the molecule is COc1ccccc1C(c1ccccc1)(c1ccc(O)cc1)c1ccc(C)[nH]1. The summed E-state index contributed by atoms with van der Waals surface area (Å²) in [5.74, 6) is 1.06. The number of hydrogen-bond acceptors (Lipinski definition) is 2. The van der Waals surface area contributed by atoms with Crippen molar-refractivity contribution in [3.8, 4) is 11.5 Å². The van der Waals surface area contributed by atoms with Gasteiger partial charge in [-0.3, -0.25) is 0 Å². The minimum Gasteiger partial charge on any atom is -0.508 e. The van der Waals surface area contributed by atoms with Crippen LogP contribution in [0.3, 0.4) is 0 Å². The molecule has 0 amide bonds. The lowest BCUT2D eigenvalue weighted by molar-refractivity contribution is 0.404. The second kappa shape index (κ2) is 7.28. The number of aryl methyl sites for hydroxylation is 1. The zero-order chi connectivity index (χ0) is 19.6. The molecule has 1 unspecified atom stereocenters.